The zero-order chi connectivity index (χ0) is 18.1. The summed E-state index contributed by atoms with van der Waals surface area (Å²) in [5, 5.41) is 8.63. The van der Waals surface area contributed by atoms with Crippen molar-refractivity contribution in [3.8, 4) is 17.0 Å². The summed E-state index contributed by atoms with van der Waals surface area (Å²) in [7, 11) is 1.65. The second kappa shape index (κ2) is 6.68. The molecule has 0 aliphatic rings. The minimum absolute atomic E-state index is 0.437. The fourth-order valence-corrected chi connectivity index (χ4v) is 3.55. The number of aryl methyl sites for hydroxylation is 1. The number of fused-ring (bicyclic) bond motifs is 1. The molecule has 0 fully saturated rings. The van der Waals surface area contributed by atoms with Gasteiger partial charge in [-0.25, -0.2) is 9.97 Å². The van der Waals surface area contributed by atoms with E-state index in [0.29, 0.717) is 11.0 Å². The van der Waals surface area contributed by atoms with Crippen molar-refractivity contribution in [3.63, 3.8) is 0 Å². The summed E-state index contributed by atoms with van der Waals surface area (Å²) in [5.74, 6) is 1.25. The number of nitrogens with two attached hydrogens (primary N) is 1. The Morgan fingerprint density at radius 3 is 2.50 bits per heavy atom. The summed E-state index contributed by atoms with van der Waals surface area (Å²) in [6.07, 6.45) is 0. The summed E-state index contributed by atoms with van der Waals surface area (Å²) in [6.45, 7) is 1.94. The monoisotopic (exact) mass is 363 g/mol. The van der Waals surface area contributed by atoms with Gasteiger partial charge in [-0.1, -0.05) is 18.2 Å². The average Bonchev–Trinajstić information content (AvgIpc) is 3.00. The van der Waals surface area contributed by atoms with Gasteiger partial charge in [0.2, 0.25) is 0 Å². The fraction of sp³-hybridized carbons (Fsp3) is 0.105. The first kappa shape index (κ1) is 16.4. The molecule has 0 spiro atoms. The van der Waals surface area contributed by atoms with Crippen LogP contribution in [-0.2, 0) is 0 Å². The second-order valence-electron chi connectivity index (χ2n) is 5.76. The highest BCUT2D eigenvalue weighted by Gasteiger charge is 2.17. The number of methoxy groups -OCH3 is 1. The highest BCUT2D eigenvalue weighted by Crippen LogP contribution is 2.35. The van der Waals surface area contributed by atoms with Gasteiger partial charge in [-0.05, 0) is 49.0 Å². The van der Waals surface area contributed by atoms with Crippen molar-refractivity contribution < 1.29 is 4.74 Å². The van der Waals surface area contributed by atoms with Gasteiger partial charge in [0.05, 0.1) is 23.9 Å². The summed E-state index contributed by atoms with van der Waals surface area (Å²) >= 11 is 1.50. The Morgan fingerprint density at radius 2 is 1.81 bits per heavy atom. The van der Waals surface area contributed by atoms with Crippen LogP contribution in [0, 0.1) is 6.92 Å². The van der Waals surface area contributed by atoms with Gasteiger partial charge < -0.3 is 10.5 Å². The number of H-pyrrole nitrogens is 1. The van der Waals surface area contributed by atoms with Crippen molar-refractivity contribution in [2.75, 3.05) is 12.8 Å². The largest absolute Gasteiger partial charge is 0.497 e. The Bertz CT molecular complexity index is 1060. The molecule has 2 aromatic carbocycles. The van der Waals surface area contributed by atoms with Gasteiger partial charge in [0.1, 0.15) is 5.75 Å². The molecular formula is C19H17N5OS. The normalized spacial score (nSPS) is 11.0. The van der Waals surface area contributed by atoms with E-state index in [1.54, 1.807) is 7.11 Å². The van der Waals surface area contributed by atoms with E-state index < -0.39 is 0 Å². The van der Waals surface area contributed by atoms with Crippen LogP contribution >= 0.6 is 11.8 Å². The van der Waals surface area contributed by atoms with Crippen molar-refractivity contribution in [1.82, 2.24) is 20.2 Å². The van der Waals surface area contributed by atoms with Crippen LogP contribution in [0.5, 0.6) is 5.75 Å². The van der Waals surface area contributed by atoms with Crippen LogP contribution in [0.3, 0.4) is 0 Å². The van der Waals surface area contributed by atoms with E-state index in [1.165, 1.54) is 11.8 Å². The van der Waals surface area contributed by atoms with Crippen molar-refractivity contribution >= 4 is 28.5 Å². The predicted octanol–water partition coefficient (Wildman–Crippen LogP) is 4.07. The maximum absolute atomic E-state index is 6.08. The molecule has 2 heterocycles. The zero-order valence-corrected chi connectivity index (χ0v) is 15.2. The Kier molecular flexibility index (Phi) is 4.22. The van der Waals surface area contributed by atoms with Gasteiger partial charge in [0.25, 0.3) is 0 Å². The maximum Gasteiger partial charge on any atom is 0.193 e. The summed E-state index contributed by atoms with van der Waals surface area (Å²) < 4.78 is 5.21. The van der Waals surface area contributed by atoms with Crippen LogP contribution in [0.4, 0.5) is 5.82 Å². The number of para-hydroxylation sites is 1. The maximum atomic E-state index is 6.08. The molecule has 0 aliphatic carbocycles. The first-order chi connectivity index (χ1) is 12.7. The van der Waals surface area contributed by atoms with Gasteiger partial charge in [0.15, 0.2) is 11.0 Å². The second-order valence-corrected chi connectivity index (χ2v) is 6.80. The number of aromatic amines is 1. The van der Waals surface area contributed by atoms with Gasteiger partial charge in [0, 0.05) is 16.0 Å². The molecule has 0 saturated heterocycles. The van der Waals surface area contributed by atoms with Crippen LogP contribution in [0.15, 0.2) is 58.6 Å². The molecule has 0 bridgehead atoms. The van der Waals surface area contributed by atoms with E-state index in [2.05, 4.69) is 10.2 Å². The Hall–Kier alpha value is -3.06. The molecular weight excluding hydrogens is 346 g/mol. The minimum atomic E-state index is 0.437. The van der Waals surface area contributed by atoms with Crippen LogP contribution < -0.4 is 10.5 Å². The summed E-state index contributed by atoms with van der Waals surface area (Å²) in [5.41, 5.74) is 9.43. The lowest BCUT2D eigenvalue weighted by atomic mass is 10.1. The number of aromatic nitrogens is 4. The Balaban J connectivity index is 1.83. The van der Waals surface area contributed by atoms with Gasteiger partial charge in [-0.15, -0.1) is 0 Å². The lowest BCUT2D eigenvalue weighted by molar-refractivity contribution is 0.414. The Labute approximate surface area is 154 Å². The molecule has 6 nitrogen and oxygen atoms in total. The number of anilines is 1. The summed E-state index contributed by atoms with van der Waals surface area (Å²) in [6, 6.07) is 15.7. The lowest BCUT2D eigenvalue weighted by Crippen LogP contribution is -1.96. The molecule has 130 valence electrons. The van der Waals surface area contributed by atoms with E-state index in [4.69, 9.17) is 20.4 Å². The lowest BCUT2D eigenvalue weighted by Gasteiger charge is -2.09. The number of nitrogens with zero attached hydrogens (tertiary/aromatic N) is 3. The van der Waals surface area contributed by atoms with Crippen molar-refractivity contribution in [1.29, 1.82) is 0 Å². The Morgan fingerprint density at radius 1 is 1.04 bits per heavy atom. The number of nitrogen functional groups attached to an aromatic ring is 1. The van der Waals surface area contributed by atoms with Crippen molar-refractivity contribution in [2.45, 2.75) is 17.0 Å². The third-order valence-electron chi connectivity index (χ3n) is 4.06. The molecule has 0 radical (unpaired) electrons. The first-order valence-corrected chi connectivity index (χ1v) is 8.87. The van der Waals surface area contributed by atoms with E-state index in [-0.39, 0.29) is 0 Å². The summed E-state index contributed by atoms with van der Waals surface area (Å²) in [4.78, 5) is 10.5. The molecule has 2 aromatic heterocycles. The third-order valence-corrected chi connectivity index (χ3v) is 4.94. The topological polar surface area (TPSA) is 89.7 Å². The molecule has 26 heavy (non-hydrogen) atoms. The molecule has 0 unspecified atom stereocenters. The number of hydrogen-bond donors (Lipinski definition) is 2. The minimum Gasteiger partial charge on any atom is -0.497 e. The third kappa shape index (κ3) is 2.97. The fourth-order valence-electron chi connectivity index (χ4n) is 2.79. The van der Waals surface area contributed by atoms with Crippen LogP contribution in [-0.4, -0.2) is 27.3 Å². The van der Waals surface area contributed by atoms with E-state index in [0.717, 1.165) is 38.5 Å². The molecule has 7 heteroatoms. The van der Waals surface area contributed by atoms with Crippen molar-refractivity contribution in [3.05, 3.63) is 54.2 Å². The highest BCUT2D eigenvalue weighted by atomic mass is 32.2. The number of rotatable bonds is 4. The molecule has 4 aromatic rings. The zero-order valence-electron chi connectivity index (χ0n) is 14.4. The van der Waals surface area contributed by atoms with Gasteiger partial charge >= 0.3 is 0 Å². The van der Waals surface area contributed by atoms with E-state index in [1.807, 2.05) is 55.5 Å². The number of benzene rings is 2. The quantitative estimate of drug-likeness (QED) is 0.531. The first-order valence-electron chi connectivity index (χ1n) is 8.05. The SMILES string of the molecule is COc1ccc(Sc2nc(-c3c(N)n[nH]c3C)c3ccccc3n2)cc1. The average molecular weight is 363 g/mol. The van der Waals surface area contributed by atoms with E-state index in [9.17, 15) is 0 Å². The highest BCUT2D eigenvalue weighted by molar-refractivity contribution is 7.99. The molecule has 0 amide bonds. The molecule has 4 rings (SSSR count). The predicted molar refractivity (Wildman–Crippen MR) is 103 cm³/mol. The van der Waals surface area contributed by atoms with Gasteiger partial charge in [-0.3, -0.25) is 5.10 Å². The van der Waals surface area contributed by atoms with Crippen LogP contribution in [0.25, 0.3) is 22.2 Å². The molecule has 0 atom stereocenters. The smallest absolute Gasteiger partial charge is 0.193 e. The number of hydrogen-bond acceptors (Lipinski definition) is 6. The van der Waals surface area contributed by atoms with Crippen molar-refractivity contribution in [2.24, 2.45) is 0 Å². The standard InChI is InChI=1S/C19H17N5OS/c1-11-16(18(20)24-23-11)17-14-5-3-4-6-15(14)21-19(22-17)26-13-9-7-12(25-2)8-10-13/h3-10H,1-2H3,(H3,20,23,24). The van der Waals surface area contributed by atoms with Crippen LogP contribution in [0.2, 0.25) is 0 Å². The van der Waals surface area contributed by atoms with E-state index >= 15 is 0 Å². The molecule has 3 N–H and O–H groups in total. The van der Waals surface area contributed by atoms with Crippen LogP contribution in [0.1, 0.15) is 5.69 Å². The molecule has 0 aliphatic heterocycles. The number of ether oxygens (including phenoxy) is 1. The molecule has 0 saturated carbocycles. The number of nitrogens with one attached hydrogen (secondary N) is 1. The van der Waals surface area contributed by atoms with Gasteiger partial charge in [-0.2, -0.15) is 5.10 Å².